The number of nitrogens with zero attached hydrogens (tertiary/aromatic N) is 1. The Balaban J connectivity index is 2.03. The fourth-order valence-electron chi connectivity index (χ4n) is 1.57. The van der Waals surface area contributed by atoms with Crippen molar-refractivity contribution in [3.8, 4) is 0 Å². The van der Waals surface area contributed by atoms with E-state index in [9.17, 15) is 4.79 Å². The monoisotopic (exact) mass is 193 g/mol. The molecule has 2 heterocycles. The maximum atomic E-state index is 11.3. The smallest absolute Gasteiger partial charge is 0.291 e. The number of piperidine rings is 1. The van der Waals surface area contributed by atoms with Crippen molar-refractivity contribution >= 4 is 5.82 Å². The molecule has 0 saturated carbocycles. The number of hydrogen-bond donors (Lipinski definition) is 3. The summed E-state index contributed by atoms with van der Waals surface area (Å²) in [4.78, 5) is 17.7. The van der Waals surface area contributed by atoms with Crippen molar-refractivity contribution in [3.05, 3.63) is 22.7 Å². The first-order valence-electron chi connectivity index (χ1n) is 4.79. The summed E-state index contributed by atoms with van der Waals surface area (Å²) < 4.78 is 0. The molecule has 1 radical (unpaired) electrons. The predicted octanol–water partition coefficient (Wildman–Crippen LogP) is -0.266. The van der Waals surface area contributed by atoms with Crippen molar-refractivity contribution in [1.82, 2.24) is 15.3 Å². The minimum Gasteiger partial charge on any atom is -0.363 e. The van der Waals surface area contributed by atoms with Gasteiger partial charge >= 0.3 is 0 Å². The Morgan fingerprint density at radius 1 is 1.50 bits per heavy atom. The van der Waals surface area contributed by atoms with Crippen LogP contribution in [0, 0.1) is 6.20 Å². The average molecular weight is 193 g/mol. The minimum absolute atomic E-state index is 0.203. The van der Waals surface area contributed by atoms with Crippen LogP contribution in [0.5, 0.6) is 0 Å². The molecule has 0 aromatic carbocycles. The van der Waals surface area contributed by atoms with Gasteiger partial charge in [-0.3, -0.25) is 4.79 Å². The fourth-order valence-corrected chi connectivity index (χ4v) is 1.57. The Morgan fingerprint density at radius 2 is 2.29 bits per heavy atom. The van der Waals surface area contributed by atoms with E-state index >= 15 is 0 Å². The molecule has 1 aliphatic rings. The second-order valence-electron chi connectivity index (χ2n) is 3.37. The Kier molecular flexibility index (Phi) is 2.78. The van der Waals surface area contributed by atoms with Crippen LogP contribution in [-0.4, -0.2) is 29.1 Å². The SMILES string of the molecule is O=c1[nH][c]cnc1NC1CCNCC1. The lowest BCUT2D eigenvalue weighted by atomic mass is 10.1. The molecule has 1 aromatic rings. The second kappa shape index (κ2) is 4.23. The fraction of sp³-hybridized carbons (Fsp3) is 0.556. The molecule has 1 fully saturated rings. The summed E-state index contributed by atoms with van der Waals surface area (Å²) in [5.74, 6) is 0.399. The third-order valence-electron chi connectivity index (χ3n) is 2.34. The van der Waals surface area contributed by atoms with E-state index in [1.165, 1.54) is 6.20 Å². The van der Waals surface area contributed by atoms with Gasteiger partial charge in [-0.2, -0.15) is 0 Å². The molecule has 1 aromatic heterocycles. The van der Waals surface area contributed by atoms with Crippen LogP contribution < -0.4 is 16.2 Å². The third-order valence-corrected chi connectivity index (χ3v) is 2.34. The number of aromatic amines is 1. The molecule has 1 saturated heterocycles. The van der Waals surface area contributed by atoms with Gasteiger partial charge in [-0.25, -0.2) is 4.98 Å². The summed E-state index contributed by atoms with van der Waals surface area (Å²) in [5.41, 5.74) is -0.203. The van der Waals surface area contributed by atoms with Gasteiger partial charge in [-0.15, -0.1) is 0 Å². The molecule has 2 rings (SSSR count). The second-order valence-corrected chi connectivity index (χ2v) is 3.37. The van der Waals surface area contributed by atoms with Gasteiger partial charge in [0.15, 0.2) is 5.82 Å². The van der Waals surface area contributed by atoms with Crippen LogP contribution in [0.1, 0.15) is 12.8 Å². The van der Waals surface area contributed by atoms with Gasteiger partial charge in [0.2, 0.25) is 0 Å². The van der Waals surface area contributed by atoms with Gasteiger partial charge in [-0.1, -0.05) is 0 Å². The molecule has 1 aliphatic heterocycles. The van der Waals surface area contributed by atoms with E-state index in [2.05, 4.69) is 26.8 Å². The molecular weight excluding hydrogens is 180 g/mol. The summed E-state index contributed by atoms with van der Waals surface area (Å²) in [6.45, 7) is 1.99. The average Bonchev–Trinajstić information content (AvgIpc) is 2.23. The molecule has 3 N–H and O–H groups in total. The van der Waals surface area contributed by atoms with Crippen molar-refractivity contribution in [2.24, 2.45) is 0 Å². The largest absolute Gasteiger partial charge is 0.363 e. The minimum atomic E-state index is -0.203. The Hall–Kier alpha value is -1.36. The highest BCUT2D eigenvalue weighted by atomic mass is 16.1. The third kappa shape index (κ3) is 2.11. The molecule has 75 valence electrons. The number of nitrogens with one attached hydrogen (secondary N) is 3. The zero-order valence-corrected chi connectivity index (χ0v) is 7.84. The molecule has 0 aliphatic carbocycles. The predicted molar refractivity (Wildman–Crippen MR) is 53.2 cm³/mol. The number of hydrogen-bond acceptors (Lipinski definition) is 4. The number of H-pyrrole nitrogens is 1. The van der Waals surface area contributed by atoms with Gasteiger partial charge < -0.3 is 15.6 Å². The van der Waals surface area contributed by atoms with E-state index in [0.29, 0.717) is 11.9 Å². The molecule has 14 heavy (non-hydrogen) atoms. The van der Waals surface area contributed by atoms with E-state index in [4.69, 9.17) is 0 Å². The van der Waals surface area contributed by atoms with Crippen LogP contribution in [0.25, 0.3) is 0 Å². The van der Waals surface area contributed by atoms with E-state index in [1.807, 2.05) is 0 Å². The Labute approximate surface area is 82.0 Å². The summed E-state index contributed by atoms with van der Waals surface area (Å²) >= 11 is 0. The summed E-state index contributed by atoms with van der Waals surface area (Å²) in [6, 6.07) is 0.354. The van der Waals surface area contributed by atoms with E-state index in [-0.39, 0.29) is 5.56 Å². The van der Waals surface area contributed by atoms with Crippen molar-refractivity contribution < 1.29 is 0 Å². The van der Waals surface area contributed by atoms with Crippen LogP contribution in [-0.2, 0) is 0 Å². The van der Waals surface area contributed by atoms with Crippen LogP contribution in [0.2, 0.25) is 0 Å². The highest BCUT2D eigenvalue weighted by Crippen LogP contribution is 2.06. The van der Waals surface area contributed by atoms with Gasteiger partial charge in [0.25, 0.3) is 5.56 Å². The number of rotatable bonds is 2. The maximum Gasteiger partial charge on any atom is 0.291 e. The lowest BCUT2D eigenvalue weighted by Gasteiger charge is -2.23. The van der Waals surface area contributed by atoms with Crippen LogP contribution in [0.4, 0.5) is 5.82 Å². The maximum absolute atomic E-state index is 11.3. The normalized spacial score (nSPS) is 18.0. The first kappa shape index (κ1) is 9.21. The topological polar surface area (TPSA) is 69.8 Å². The molecule has 0 unspecified atom stereocenters. The van der Waals surface area contributed by atoms with E-state index in [1.54, 1.807) is 0 Å². The van der Waals surface area contributed by atoms with Gasteiger partial charge in [0, 0.05) is 6.04 Å². The molecule has 0 spiro atoms. The lowest BCUT2D eigenvalue weighted by Crippen LogP contribution is -2.36. The number of aromatic nitrogens is 2. The Morgan fingerprint density at radius 3 is 3.00 bits per heavy atom. The van der Waals surface area contributed by atoms with Crippen molar-refractivity contribution in [2.75, 3.05) is 18.4 Å². The van der Waals surface area contributed by atoms with Crippen LogP contribution >= 0.6 is 0 Å². The van der Waals surface area contributed by atoms with Crippen molar-refractivity contribution in [2.45, 2.75) is 18.9 Å². The summed E-state index contributed by atoms with van der Waals surface area (Å²) in [7, 11) is 0. The summed E-state index contributed by atoms with van der Waals surface area (Å²) in [6.07, 6.45) is 6.06. The van der Waals surface area contributed by atoms with Crippen LogP contribution in [0.15, 0.2) is 11.0 Å². The zero-order valence-electron chi connectivity index (χ0n) is 7.84. The summed E-state index contributed by atoms with van der Waals surface area (Å²) in [5, 5.41) is 6.40. The molecular formula is C9H13N4O. The Bertz CT molecular complexity index is 343. The van der Waals surface area contributed by atoms with E-state index < -0.39 is 0 Å². The molecule has 5 heteroatoms. The molecule has 0 amide bonds. The quantitative estimate of drug-likeness (QED) is 0.605. The first-order valence-corrected chi connectivity index (χ1v) is 4.79. The standard InChI is InChI=1S/C9H13N4O/c14-9-8(11-5-6-12-9)13-7-1-3-10-4-2-7/h5,7,10H,1-4H2,(H,11,13)(H,12,14). The van der Waals surface area contributed by atoms with Gasteiger partial charge in [0.05, 0.1) is 12.4 Å². The molecule has 5 nitrogen and oxygen atoms in total. The van der Waals surface area contributed by atoms with Crippen molar-refractivity contribution in [3.63, 3.8) is 0 Å². The molecule has 0 bridgehead atoms. The highest BCUT2D eigenvalue weighted by molar-refractivity contribution is 5.31. The van der Waals surface area contributed by atoms with Gasteiger partial charge in [0.1, 0.15) is 0 Å². The molecule has 0 atom stereocenters. The van der Waals surface area contributed by atoms with Crippen molar-refractivity contribution in [1.29, 1.82) is 0 Å². The highest BCUT2D eigenvalue weighted by Gasteiger charge is 2.13. The lowest BCUT2D eigenvalue weighted by molar-refractivity contribution is 0.478. The first-order chi connectivity index (χ1) is 6.86. The zero-order chi connectivity index (χ0) is 9.80. The van der Waals surface area contributed by atoms with E-state index in [0.717, 1.165) is 25.9 Å². The number of anilines is 1. The van der Waals surface area contributed by atoms with Crippen LogP contribution in [0.3, 0.4) is 0 Å². The van der Waals surface area contributed by atoms with Gasteiger partial charge in [-0.05, 0) is 25.9 Å².